The first-order valence-electron chi connectivity index (χ1n) is 6.67. The van der Waals surface area contributed by atoms with E-state index in [1.54, 1.807) is 19.3 Å². The van der Waals surface area contributed by atoms with Crippen LogP contribution in [0.1, 0.15) is 44.9 Å². The Morgan fingerprint density at radius 1 is 1.00 bits per heavy atom. The van der Waals surface area contributed by atoms with Crippen LogP contribution in [0.15, 0.2) is 12.2 Å². The van der Waals surface area contributed by atoms with Crippen molar-refractivity contribution in [1.82, 2.24) is 0 Å². The third-order valence-corrected chi connectivity index (χ3v) is 4.89. The molecule has 0 amide bonds. The lowest BCUT2D eigenvalue weighted by atomic mass is 9.49. The Kier molecular flexibility index (Phi) is 2.39. The van der Waals surface area contributed by atoms with Gasteiger partial charge in [-0.3, -0.25) is 0 Å². The van der Waals surface area contributed by atoms with Crippen LogP contribution in [-0.2, 0) is 0 Å². The molecule has 0 saturated heterocycles. The third-order valence-electron chi connectivity index (χ3n) is 4.89. The van der Waals surface area contributed by atoms with Crippen molar-refractivity contribution in [2.45, 2.75) is 44.9 Å². The van der Waals surface area contributed by atoms with Crippen LogP contribution in [0.5, 0.6) is 0 Å². The molecular weight excluding hydrogens is 182 g/mol. The predicted octanol–water partition coefficient (Wildman–Crippen LogP) is 3.11. The van der Waals surface area contributed by atoms with Gasteiger partial charge >= 0.3 is 0 Å². The van der Waals surface area contributed by atoms with Crippen LogP contribution in [0.2, 0.25) is 0 Å². The largest absolute Gasteiger partial charge is 0.330 e. The van der Waals surface area contributed by atoms with Gasteiger partial charge in [0.25, 0.3) is 0 Å². The fourth-order valence-corrected chi connectivity index (χ4v) is 4.81. The molecule has 15 heavy (non-hydrogen) atoms. The van der Waals surface area contributed by atoms with E-state index >= 15 is 0 Å². The molecule has 4 fully saturated rings. The Morgan fingerprint density at radius 3 is 2.00 bits per heavy atom. The lowest BCUT2D eigenvalue weighted by Gasteiger charge is -2.56. The minimum atomic E-state index is 0.615. The Morgan fingerprint density at radius 2 is 1.53 bits per heavy atom. The molecule has 4 aliphatic rings. The van der Waals surface area contributed by atoms with E-state index in [1.165, 1.54) is 19.3 Å². The molecule has 0 heterocycles. The van der Waals surface area contributed by atoms with Crippen LogP contribution >= 0.6 is 0 Å². The van der Waals surface area contributed by atoms with Gasteiger partial charge in [-0.1, -0.05) is 12.2 Å². The van der Waals surface area contributed by atoms with E-state index in [-0.39, 0.29) is 0 Å². The van der Waals surface area contributed by atoms with E-state index in [2.05, 4.69) is 12.2 Å². The zero-order valence-corrected chi connectivity index (χ0v) is 9.62. The predicted molar refractivity (Wildman–Crippen MR) is 63.4 cm³/mol. The summed E-state index contributed by atoms with van der Waals surface area (Å²) in [7, 11) is 0. The zero-order chi connectivity index (χ0) is 10.3. The minimum absolute atomic E-state index is 0.615. The highest BCUT2D eigenvalue weighted by Gasteiger charge is 2.49. The second kappa shape index (κ2) is 3.62. The summed E-state index contributed by atoms with van der Waals surface area (Å²) in [5.74, 6) is 3.20. The van der Waals surface area contributed by atoms with Crippen molar-refractivity contribution in [1.29, 1.82) is 0 Å². The summed E-state index contributed by atoms with van der Waals surface area (Å²) in [6.45, 7) is 0.808. The van der Waals surface area contributed by atoms with Crippen molar-refractivity contribution in [2.75, 3.05) is 6.54 Å². The maximum atomic E-state index is 5.55. The second-order valence-corrected chi connectivity index (χ2v) is 6.26. The van der Waals surface area contributed by atoms with Gasteiger partial charge in [-0.2, -0.15) is 0 Å². The fraction of sp³-hybridized carbons (Fsp3) is 0.857. The molecule has 4 rings (SSSR count). The van der Waals surface area contributed by atoms with Crippen molar-refractivity contribution >= 4 is 0 Å². The summed E-state index contributed by atoms with van der Waals surface area (Å²) in [6.07, 6.45) is 15.1. The summed E-state index contributed by atoms with van der Waals surface area (Å²) < 4.78 is 0. The number of rotatable bonds is 3. The van der Waals surface area contributed by atoms with E-state index in [0.29, 0.717) is 5.41 Å². The summed E-state index contributed by atoms with van der Waals surface area (Å²) in [5.41, 5.74) is 6.17. The van der Waals surface area contributed by atoms with Crippen LogP contribution in [-0.4, -0.2) is 6.54 Å². The first kappa shape index (κ1) is 9.89. The molecule has 0 spiro atoms. The molecular formula is C14H23N. The van der Waals surface area contributed by atoms with Gasteiger partial charge in [-0.15, -0.1) is 0 Å². The third kappa shape index (κ3) is 1.75. The molecule has 0 aromatic rings. The zero-order valence-electron chi connectivity index (χ0n) is 9.62. The van der Waals surface area contributed by atoms with E-state index in [9.17, 15) is 0 Å². The molecule has 0 unspecified atom stereocenters. The van der Waals surface area contributed by atoms with Crippen molar-refractivity contribution in [2.24, 2.45) is 28.9 Å². The summed E-state index contributed by atoms with van der Waals surface area (Å²) >= 11 is 0. The molecule has 4 saturated carbocycles. The smallest absolute Gasteiger partial charge is 0.00426 e. The summed E-state index contributed by atoms with van der Waals surface area (Å²) in [5, 5.41) is 0. The van der Waals surface area contributed by atoms with Gasteiger partial charge in [0.2, 0.25) is 0 Å². The maximum absolute atomic E-state index is 5.55. The molecule has 4 bridgehead atoms. The lowest BCUT2D eigenvalue weighted by Crippen LogP contribution is -2.44. The normalized spacial score (nSPS) is 47.9. The molecule has 1 nitrogen and oxygen atoms in total. The Bertz CT molecular complexity index is 231. The SMILES string of the molecule is NCCC=CC12CC3CC(CC(C3)C1)C2. The molecule has 4 aliphatic carbocycles. The van der Waals surface area contributed by atoms with Gasteiger partial charge in [-0.25, -0.2) is 0 Å². The molecule has 0 radical (unpaired) electrons. The molecule has 84 valence electrons. The Balaban J connectivity index is 1.75. The second-order valence-electron chi connectivity index (χ2n) is 6.26. The van der Waals surface area contributed by atoms with Crippen molar-refractivity contribution in [3.63, 3.8) is 0 Å². The van der Waals surface area contributed by atoms with Crippen LogP contribution in [0.4, 0.5) is 0 Å². The van der Waals surface area contributed by atoms with E-state index in [1.807, 2.05) is 0 Å². The van der Waals surface area contributed by atoms with Crippen LogP contribution in [0, 0.1) is 23.2 Å². The lowest BCUT2D eigenvalue weighted by molar-refractivity contribution is -0.0238. The van der Waals surface area contributed by atoms with Gasteiger partial charge in [-0.05, 0) is 74.7 Å². The first-order valence-corrected chi connectivity index (χ1v) is 6.67. The van der Waals surface area contributed by atoms with Gasteiger partial charge < -0.3 is 5.73 Å². The van der Waals surface area contributed by atoms with E-state index in [4.69, 9.17) is 5.73 Å². The molecule has 0 aliphatic heterocycles. The van der Waals surface area contributed by atoms with Gasteiger partial charge in [0, 0.05) is 0 Å². The standard InChI is InChI=1S/C14H23N/c15-4-2-1-3-14-8-11-5-12(9-14)7-13(6-11)10-14/h1,3,11-13H,2,4-10,15H2. The van der Waals surface area contributed by atoms with Gasteiger partial charge in [0.1, 0.15) is 0 Å². The Hall–Kier alpha value is -0.300. The Labute approximate surface area is 93.1 Å². The van der Waals surface area contributed by atoms with Crippen molar-refractivity contribution in [3.05, 3.63) is 12.2 Å². The molecule has 2 N–H and O–H groups in total. The average molecular weight is 205 g/mol. The topological polar surface area (TPSA) is 26.0 Å². The summed E-state index contributed by atoms with van der Waals surface area (Å²) in [6, 6.07) is 0. The maximum Gasteiger partial charge on any atom is -0.00426 e. The quantitative estimate of drug-likeness (QED) is 0.704. The molecule has 0 aromatic heterocycles. The molecule has 0 aromatic carbocycles. The fourth-order valence-electron chi connectivity index (χ4n) is 4.81. The van der Waals surface area contributed by atoms with Gasteiger partial charge in [0.15, 0.2) is 0 Å². The number of nitrogens with two attached hydrogens (primary N) is 1. The molecule has 0 atom stereocenters. The number of hydrogen-bond acceptors (Lipinski definition) is 1. The van der Waals surface area contributed by atoms with Crippen LogP contribution < -0.4 is 5.73 Å². The van der Waals surface area contributed by atoms with Crippen LogP contribution in [0.3, 0.4) is 0 Å². The van der Waals surface area contributed by atoms with Crippen LogP contribution in [0.25, 0.3) is 0 Å². The highest BCUT2D eigenvalue weighted by molar-refractivity contribution is 5.10. The number of allylic oxidation sites excluding steroid dienone is 1. The number of hydrogen-bond donors (Lipinski definition) is 1. The van der Waals surface area contributed by atoms with Crippen molar-refractivity contribution < 1.29 is 0 Å². The van der Waals surface area contributed by atoms with E-state index in [0.717, 1.165) is 30.7 Å². The average Bonchev–Trinajstić information content (AvgIpc) is 2.15. The summed E-state index contributed by atoms with van der Waals surface area (Å²) in [4.78, 5) is 0. The van der Waals surface area contributed by atoms with Gasteiger partial charge in [0.05, 0.1) is 0 Å². The minimum Gasteiger partial charge on any atom is -0.330 e. The molecule has 1 heteroatoms. The highest BCUT2D eigenvalue weighted by atomic mass is 14.5. The monoisotopic (exact) mass is 205 g/mol. The van der Waals surface area contributed by atoms with Crippen molar-refractivity contribution in [3.8, 4) is 0 Å². The highest BCUT2D eigenvalue weighted by Crippen LogP contribution is 2.60. The van der Waals surface area contributed by atoms with E-state index < -0.39 is 0 Å². The first-order chi connectivity index (χ1) is 7.30.